The Bertz CT molecular complexity index is 480. The zero-order chi connectivity index (χ0) is 16.0. The molecule has 5 nitrogen and oxygen atoms in total. The maximum Gasteiger partial charge on any atom is 0.410 e. The molecule has 0 spiro atoms. The van der Waals surface area contributed by atoms with Gasteiger partial charge in [0.1, 0.15) is 6.61 Å². The molecule has 138 valence electrons. The van der Waals surface area contributed by atoms with Crippen molar-refractivity contribution in [1.82, 2.24) is 10.2 Å². The molecule has 7 heteroatoms. The van der Waals surface area contributed by atoms with Gasteiger partial charge in [-0.25, -0.2) is 4.79 Å². The zero-order valence-corrected chi connectivity index (χ0v) is 16.0. The quantitative estimate of drug-likeness (QED) is 0.827. The molecule has 1 saturated heterocycles. The van der Waals surface area contributed by atoms with E-state index in [1.165, 1.54) is 0 Å². The van der Waals surface area contributed by atoms with Crippen molar-refractivity contribution >= 4 is 30.9 Å². The number of piperidine rings is 1. The number of nitrogens with one attached hydrogen (secondary N) is 1. The number of carbonyl (C=O) groups excluding carboxylic acids is 1. The Kier molecular flexibility index (Phi) is 10.3. The Morgan fingerprint density at radius 2 is 2.00 bits per heavy atom. The topological polar surface area (TPSA) is 67.6 Å². The number of nitrogens with two attached hydrogens (primary N) is 1. The van der Waals surface area contributed by atoms with Crippen LogP contribution in [0.2, 0.25) is 0 Å². The Balaban J connectivity index is 0.00000264. The average Bonchev–Trinajstić information content (AvgIpc) is 2.51. The van der Waals surface area contributed by atoms with E-state index in [0.29, 0.717) is 19.2 Å². The third-order valence-electron chi connectivity index (χ3n) is 3.73. The third kappa shape index (κ3) is 8.20. The molecule has 2 rings (SSSR count). The van der Waals surface area contributed by atoms with Crippen molar-refractivity contribution in [2.24, 2.45) is 5.73 Å². The van der Waals surface area contributed by atoms with Crippen molar-refractivity contribution in [3.63, 3.8) is 0 Å². The van der Waals surface area contributed by atoms with Gasteiger partial charge < -0.3 is 20.7 Å². The predicted molar refractivity (Wildman–Crippen MR) is 102 cm³/mol. The van der Waals surface area contributed by atoms with Crippen LogP contribution < -0.4 is 11.1 Å². The first kappa shape index (κ1) is 23.0. The van der Waals surface area contributed by atoms with Crippen LogP contribution in [0, 0.1) is 0 Å². The lowest BCUT2D eigenvalue weighted by molar-refractivity contribution is 0.0829. The summed E-state index contributed by atoms with van der Waals surface area (Å²) in [6.07, 6.45) is 1.82. The third-order valence-corrected chi connectivity index (χ3v) is 3.73. The maximum atomic E-state index is 12.2. The standard InChI is InChI=1S/C17H27N3O2.2ClH/c1-17(2,18)13-19-15-9-6-10-20(11-15)16(21)22-12-14-7-4-3-5-8-14;;/h3-5,7-8,15,19H,6,9-13,18H2,1-2H3;2*1H/t15-;;/m0../s1. The van der Waals surface area contributed by atoms with Crippen LogP contribution in [0.1, 0.15) is 32.3 Å². The van der Waals surface area contributed by atoms with Crippen LogP contribution in [0.4, 0.5) is 4.79 Å². The van der Waals surface area contributed by atoms with Gasteiger partial charge in [0.25, 0.3) is 0 Å². The Morgan fingerprint density at radius 3 is 2.62 bits per heavy atom. The lowest BCUT2D eigenvalue weighted by atomic mass is 10.0. The van der Waals surface area contributed by atoms with Gasteiger partial charge in [0.2, 0.25) is 0 Å². The molecule has 0 aromatic heterocycles. The number of likely N-dealkylation sites (tertiary alicyclic amines) is 1. The normalized spacial score (nSPS) is 17.5. The van der Waals surface area contributed by atoms with Crippen molar-refractivity contribution in [2.75, 3.05) is 19.6 Å². The number of hydrogen-bond donors (Lipinski definition) is 2. The van der Waals surface area contributed by atoms with E-state index in [1.807, 2.05) is 44.2 Å². The highest BCUT2D eigenvalue weighted by Crippen LogP contribution is 2.13. The monoisotopic (exact) mass is 377 g/mol. The molecule has 1 fully saturated rings. The highest BCUT2D eigenvalue weighted by atomic mass is 35.5. The molecule has 1 amide bonds. The number of halogens is 2. The molecule has 1 atom stereocenters. The lowest BCUT2D eigenvalue weighted by Gasteiger charge is -2.34. The Labute approximate surface area is 157 Å². The van der Waals surface area contributed by atoms with E-state index >= 15 is 0 Å². The van der Waals surface area contributed by atoms with Gasteiger partial charge in [-0.2, -0.15) is 0 Å². The molecule has 1 aliphatic heterocycles. The molecule has 0 saturated carbocycles. The number of rotatable bonds is 5. The first-order valence-corrected chi connectivity index (χ1v) is 7.92. The van der Waals surface area contributed by atoms with Gasteiger partial charge in [-0.15, -0.1) is 24.8 Å². The molecule has 0 aliphatic carbocycles. The molecule has 24 heavy (non-hydrogen) atoms. The van der Waals surface area contributed by atoms with E-state index in [-0.39, 0.29) is 36.4 Å². The van der Waals surface area contributed by atoms with Gasteiger partial charge in [0.05, 0.1) is 0 Å². The molecule has 0 unspecified atom stereocenters. The second-order valence-electron chi connectivity index (χ2n) is 6.69. The fourth-order valence-corrected chi connectivity index (χ4v) is 2.53. The molecule has 1 aromatic carbocycles. The highest BCUT2D eigenvalue weighted by Gasteiger charge is 2.25. The molecule has 1 heterocycles. The number of hydrogen-bond acceptors (Lipinski definition) is 4. The van der Waals surface area contributed by atoms with Crippen molar-refractivity contribution in [2.45, 2.75) is 44.9 Å². The summed E-state index contributed by atoms with van der Waals surface area (Å²) in [4.78, 5) is 14.0. The summed E-state index contributed by atoms with van der Waals surface area (Å²) >= 11 is 0. The Hall–Kier alpha value is -1.01. The van der Waals surface area contributed by atoms with E-state index in [0.717, 1.165) is 31.5 Å². The van der Waals surface area contributed by atoms with Crippen LogP contribution >= 0.6 is 24.8 Å². The zero-order valence-electron chi connectivity index (χ0n) is 14.4. The molecule has 0 bridgehead atoms. The summed E-state index contributed by atoms with van der Waals surface area (Å²) in [5.41, 5.74) is 6.76. The minimum Gasteiger partial charge on any atom is -0.445 e. The van der Waals surface area contributed by atoms with Crippen LogP contribution in [-0.2, 0) is 11.3 Å². The van der Waals surface area contributed by atoms with Crippen LogP contribution in [0.15, 0.2) is 30.3 Å². The van der Waals surface area contributed by atoms with Crippen LogP contribution in [-0.4, -0.2) is 42.2 Å². The van der Waals surface area contributed by atoms with Gasteiger partial charge in [-0.1, -0.05) is 30.3 Å². The second-order valence-corrected chi connectivity index (χ2v) is 6.69. The van der Waals surface area contributed by atoms with Crippen LogP contribution in [0.3, 0.4) is 0 Å². The molecular formula is C17H29Cl2N3O2. The summed E-state index contributed by atoms with van der Waals surface area (Å²) in [5.74, 6) is 0. The van der Waals surface area contributed by atoms with Crippen molar-refractivity contribution in [3.05, 3.63) is 35.9 Å². The molecule has 1 aliphatic rings. The Morgan fingerprint density at radius 1 is 1.33 bits per heavy atom. The maximum absolute atomic E-state index is 12.2. The number of benzene rings is 1. The molecular weight excluding hydrogens is 349 g/mol. The van der Waals surface area contributed by atoms with Gasteiger partial charge in [0.15, 0.2) is 0 Å². The highest BCUT2D eigenvalue weighted by molar-refractivity contribution is 5.85. The minimum absolute atomic E-state index is 0. The fraction of sp³-hybridized carbons (Fsp3) is 0.588. The predicted octanol–water partition coefficient (Wildman–Crippen LogP) is 2.96. The van der Waals surface area contributed by atoms with E-state index in [1.54, 1.807) is 4.90 Å². The number of amides is 1. The smallest absolute Gasteiger partial charge is 0.410 e. The van der Waals surface area contributed by atoms with Crippen LogP contribution in [0.25, 0.3) is 0 Å². The number of ether oxygens (including phenoxy) is 1. The fourth-order valence-electron chi connectivity index (χ4n) is 2.53. The second kappa shape index (κ2) is 10.8. The average molecular weight is 378 g/mol. The van der Waals surface area contributed by atoms with Gasteiger partial charge in [-0.05, 0) is 32.3 Å². The summed E-state index contributed by atoms with van der Waals surface area (Å²) in [5, 5.41) is 3.45. The first-order valence-electron chi connectivity index (χ1n) is 7.92. The summed E-state index contributed by atoms with van der Waals surface area (Å²) in [7, 11) is 0. The molecule has 0 radical (unpaired) electrons. The first-order chi connectivity index (χ1) is 10.4. The molecule has 3 N–H and O–H groups in total. The van der Waals surface area contributed by atoms with Gasteiger partial charge in [0, 0.05) is 31.2 Å². The largest absolute Gasteiger partial charge is 0.445 e. The van der Waals surface area contributed by atoms with E-state index in [2.05, 4.69) is 5.32 Å². The molecule has 1 aromatic rings. The van der Waals surface area contributed by atoms with E-state index in [9.17, 15) is 4.79 Å². The van der Waals surface area contributed by atoms with E-state index in [4.69, 9.17) is 10.5 Å². The van der Waals surface area contributed by atoms with Crippen LogP contribution in [0.5, 0.6) is 0 Å². The lowest BCUT2D eigenvalue weighted by Crippen LogP contribution is -2.52. The van der Waals surface area contributed by atoms with Crippen molar-refractivity contribution in [1.29, 1.82) is 0 Å². The summed E-state index contributed by atoms with van der Waals surface area (Å²) < 4.78 is 5.40. The minimum atomic E-state index is -0.240. The van der Waals surface area contributed by atoms with Gasteiger partial charge >= 0.3 is 6.09 Å². The summed E-state index contributed by atoms with van der Waals surface area (Å²) in [6, 6.07) is 10.0. The van der Waals surface area contributed by atoms with E-state index < -0.39 is 0 Å². The van der Waals surface area contributed by atoms with Crippen molar-refractivity contribution < 1.29 is 9.53 Å². The van der Waals surface area contributed by atoms with Gasteiger partial charge in [-0.3, -0.25) is 0 Å². The number of nitrogens with zero attached hydrogens (tertiary/aromatic N) is 1. The van der Waals surface area contributed by atoms with Crippen molar-refractivity contribution in [3.8, 4) is 0 Å². The SMILES string of the molecule is CC(C)(N)CN[C@H]1CCCN(C(=O)OCc2ccccc2)C1.Cl.Cl. The summed E-state index contributed by atoms with van der Waals surface area (Å²) in [6.45, 7) is 6.50. The number of carbonyl (C=O) groups is 1.